The van der Waals surface area contributed by atoms with E-state index in [1.165, 1.54) is 17.2 Å². The zero-order valence-electron chi connectivity index (χ0n) is 17.4. The number of fused-ring (bicyclic) bond motifs is 1. The Labute approximate surface area is 176 Å². The largest absolute Gasteiger partial charge is 0.490 e. The first-order chi connectivity index (χ1) is 14.7. The molecular weight excluding hydrogens is 381 g/mol. The lowest BCUT2D eigenvalue weighted by Gasteiger charge is -2.26. The molecule has 0 saturated carbocycles. The summed E-state index contributed by atoms with van der Waals surface area (Å²) in [6.45, 7) is 6.04. The second-order valence-electron chi connectivity index (χ2n) is 7.22. The van der Waals surface area contributed by atoms with Gasteiger partial charge in [-0.1, -0.05) is 18.2 Å². The normalized spacial score (nSPS) is 15.4. The maximum Gasteiger partial charge on any atom is 0.165 e. The van der Waals surface area contributed by atoms with Crippen molar-refractivity contribution in [2.24, 2.45) is 0 Å². The van der Waals surface area contributed by atoms with Crippen LogP contribution in [-0.2, 0) is 6.42 Å². The summed E-state index contributed by atoms with van der Waals surface area (Å²) in [7, 11) is 0. The van der Waals surface area contributed by atoms with Crippen molar-refractivity contribution in [3.8, 4) is 23.0 Å². The predicted octanol–water partition coefficient (Wildman–Crippen LogP) is 4.62. The van der Waals surface area contributed by atoms with Gasteiger partial charge in [-0.3, -0.25) is 0 Å². The quantitative estimate of drug-likeness (QED) is 0.620. The molecule has 3 aromatic carbocycles. The van der Waals surface area contributed by atoms with Crippen molar-refractivity contribution in [2.75, 3.05) is 19.8 Å². The van der Waals surface area contributed by atoms with Crippen LogP contribution >= 0.6 is 0 Å². The molecule has 4 rings (SSSR count). The van der Waals surface area contributed by atoms with Crippen molar-refractivity contribution in [1.29, 1.82) is 0 Å². The summed E-state index contributed by atoms with van der Waals surface area (Å²) in [6.07, 6.45) is 0.951. The van der Waals surface area contributed by atoms with Gasteiger partial charge in [-0.2, -0.15) is 0 Å². The smallest absolute Gasteiger partial charge is 0.165 e. The van der Waals surface area contributed by atoms with Gasteiger partial charge in [0.2, 0.25) is 0 Å². The van der Waals surface area contributed by atoms with Gasteiger partial charge in [0.05, 0.1) is 19.8 Å². The van der Waals surface area contributed by atoms with Gasteiger partial charge < -0.3 is 19.5 Å². The Kier molecular flexibility index (Phi) is 6.19. The lowest BCUT2D eigenvalue weighted by molar-refractivity contribution is -0.690. The van der Waals surface area contributed by atoms with E-state index in [4.69, 9.17) is 14.2 Å². The van der Waals surface area contributed by atoms with Crippen molar-refractivity contribution in [3.63, 3.8) is 0 Å². The molecule has 1 aliphatic rings. The molecule has 2 N–H and O–H groups in total. The number of benzene rings is 3. The van der Waals surface area contributed by atoms with E-state index in [0.717, 1.165) is 30.0 Å². The van der Waals surface area contributed by atoms with E-state index in [1.807, 2.05) is 50.2 Å². The Morgan fingerprint density at radius 2 is 1.63 bits per heavy atom. The number of rotatable bonds is 7. The number of para-hydroxylation sites is 1. The SMILES string of the molecule is CCOc1cc2c(cc1OCC)[C@H](c1ccc(F)c(Oc3ccccc3)c1)[NH2+]CC2. The summed E-state index contributed by atoms with van der Waals surface area (Å²) in [4.78, 5) is 0. The summed E-state index contributed by atoms with van der Waals surface area (Å²) in [6, 6.07) is 18.6. The van der Waals surface area contributed by atoms with Crippen LogP contribution in [0.3, 0.4) is 0 Å². The highest BCUT2D eigenvalue weighted by atomic mass is 19.1. The second-order valence-corrected chi connectivity index (χ2v) is 7.22. The Morgan fingerprint density at radius 3 is 2.37 bits per heavy atom. The standard InChI is InChI=1S/C25H26FNO3/c1-3-28-23-14-17-12-13-27-25(20(17)16-24(23)29-4-2)18-10-11-21(26)22(15-18)30-19-8-6-5-7-9-19/h5-11,14-16,25,27H,3-4,12-13H2,1-2H3/p+1/t25-/m0/s1. The Bertz CT molecular complexity index is 1010. The van der Waals surface area contributed by atoms with E-state index in [1.54, 1.807) is 6.07 Å². The molecular formula is C25H27FNO3+. The fourth-order valence-corrected chi connectivity index (χ4v) is 3.92. The first-order valence-electron chi connectivity index (χ1n) is 10.5. The van der Waals surface area contributed by atoms with E-state index in [0.29, 0.717) is 19.0 Å². The third-order valence-electron chi connectivity index (χ3n) is 5.24. The minimum Gasteiger partial charge on any atom is -0.490 e. The highest BCUT2D eigenvalue weighted by molar-refractivity contribution is 5.51. The number of nitrogens with two attached hydrogens (primary N) is 1. The molecule has 3 aromatic rings. The van der Waals surface area contributed by atoms with Gasteiger partial charge in [0.25, 0.3) is 0 Å². The summed E-state index contributed by atoms with van der Waals surface area (Å²) < 4.78 is 31.9. The van der Waals surface area contributed by atoms with Crippen LogP contribution in [0.4, 0.5) is 4.39 Å². The van der Waals surface area contributed by atoms with Crippen molar-refractivity contribution >= 4 is 0 Å². The first-order valence-corrected chi connectivity index (χ1v) is 10.5. The average molecular weight is 408 g/mol. The molecule has 1 heterocycles. The lowest BCUT2D eigenvalue weighted by atomic mass is 9.89. The molecule has 5 heteroatoms. The fraction of sp³-hybridized carbons (Fsp3) is 0.280. The number of halogens is 1. The van der Waals surface area contributed by atoms with Crippen LogP contribution in [-0.4, -0.2) is 19.8 Å². The van der Waals surface area contributed by atoms with Gasteiger partial charge in [0.15, 0.2) is 23.1 Å². The van der Waals surface area contributed by atoms with Crippen molar-refractivity contribution in [2.45, 2.75) is 26.3 Å². The highest BCUT2D eigenvalue weighted by Crippen LogP contribution is 2.37. The van der Waals surface area contributed by atoms with Gasteiger partial charge in [0, 0.05) is 17.5 Å². The molecule has 0 bridgehead atoms. The highest BCUT2D eigenvalue weighted by Gasteiger charge is 2.28. The molecule has 0 radical (unpaired) electrons. The molecule has 0 spiro atoms. The predicted molar refractivity (Wildman–Crippen MR) is 114 cm³/mol. The van der Waals surface area contributed by atoms with Crippen molar-refractivity contribution < 1.29 is 23.9 Å². The molecule has 0 aliphatic carbocycles. The molecule has 156 valence electrons. The first kappa shape index (κ1) is 20.2. The Hall–Kier alpha value is -3.05. The van der Waals surface area contributed by atoms with Crippen molar-refractivity contribution in [3.05, 3.63) is 83.2 Å². The van der Waals surface area contributed by atoms with Crippen molar-refractivity contribution in [1.82, 2.24) is 0 Å². The zero-order chi connectivity index (χ0) is 20.9. The van der Waals surface area contributed by atoms with Gasteiger partial charge in [0.1, 0.15) is 11.8 Å². The minimum absolute atomic E-state index is 0.0438. The van der Waals surface area contributed by atoms with Crippen LogP contribution in [0.2, 0.25) is 0 Å². The Morgan fingerprint density at radius 1 is 0.900 bits per heavy atom. The minimum atomic E-state index is -0.375. The number of quaternary nitrogens is 1. The average Bonchev–Trinajstić information content (AvgIpc) is 2.76. The molecule has 1 atom stereocenters. The summed E-state index contributed by atoms with van der Waals surface area (Å²) >= 11 is 0. The lowest BCUT2D eigenvalue weighted by Crippen LogP contribution is -2.87. The second kappa shape index (κ2) is 9.18. The van der Waals surface area contributed by atoms with Crippen LogP contribution in [0, 0.1) is 5.82 Å². The fourth-order valence-electron chi connectivity index (χ4n) is 3.92. The van der Waals surface area contributed by atoms with E-state index < -0.39 is 0 Å². The van der Waals surface area contributed by atoms with Crippen LogP contribution < -0.4 is 19.5 Å². The van der Waals surface area contributed by atoms with Gasteiger partial charge in [-0.05, 0) is 61.9 Å². The molecule has 0 aromatic heterocycles. The molecule has 1 aliphatic heterocycles. The number of hydrogen-bond donors (Lipinski definition) is 1. The molecule has 0 unspecified atom stereocenters. The Balaban J connectivity index is 1.70. The molecule has 0 fully saturated rings. The molecule has 30 heavy (non-hydrogen) atoms. The van der Waals surface area contributed by atoms with Crippen LogP contribution in [0.5, 0.6) is 23.0 Å². The monoisotopic (exact) mass is 408 g/mol. The summed E-state index contributed by atoms with van der Waals surface area (Å²) in [5.41, 5.74) is 3.41. The maximum absolute atomic E-state index is 14.4. The topological polar surface area (TPSA) is 44.3 Å². The van der Waals surface area contributed by atoms with Crippen LogP contribution in [0.25, 0.3) is 0 Å². The van der Waals surface area contributed by atoms with Crippen LogP contribution in [0.1, 0.15) is 36.6 Å². The maximum atomic E-state index is 14.4. The molecule has 0 saturated heterocycles. The van der Waals surface area contributed by atoms with E-state index in [9.17, 15) is 4.39 Å². The summed E-state index contributed by atoms with van der Waals surface area (Å²) in [5, 5.41) is 2.28. The summed E-state index contributed by atoms with van der Waals surface area (Å²) in [5.74, 6) is 2.00. The van der Waals surface area contributed by atoms with Gasteiger partial charge in [-0.15, -0.1) is 0 Å². The zero-order valence-corrected chi connectivity index (χ0v) is 17.4. The van der Waals surface area contributed by atoms with E-state index in [-0.39, 0.29) is 17.6 Å². The van der Waals surface area contributed by atoms with Gasteiger partial charge in [-0.25, -0.2) is 4.39 Å². The number of hydrogen-bond acceptors (Lipinski definition) is 3. The number of ether oxygens (including phenoxy) is 3. The molecule has 4 nitrogen and oxygen atoms in total. The van der Waals surface area contributed by atoms with Gasteiger partial charge >= 0.3 is 0 Å². The van der Waals surface area contributed by atoms with Crippen LogP contribution in [0.15, 0.2) is 60.7 Å². The molecule has 0 amide bonds. The third-order valence-corrected chi connectivity index (χ3v) is 5.24. The third kappa shape index (κ3) is 4.26. The van der Waals surface area contributed by atoms with E-state index in [2.05, 4.69) is 17.4 Å². The van der Waals surface area contributed by atoms with E-state index >= 15 is 0 Å².